The van der Waals surface area contributed by atoms with Crippen LogP contribution in [-0.4, -0.2) is 17.2 Å². The Morgan fingerprint density at radius 2 is 2.31 bits per heavy atom. The lowest BCUT2D eigenvalue weighted by molar-refractivity contribution is 0.0987. The molecular weight excluding hydrogens is 336 g/mol. The van der Waals surface area contributed by atoms with Crippen LogP contribution in [0.25, 0.3) is 0 Å². The molecule has 0 aliphatic carbocycles. The monoisotopic (exact) mass is 346 g/mol. The Kier molecular flexibility index (Phi) is 3.70. The van der Waals surface area contributed by atoms with Gasteiger partial charge in [0.15, 0.2) is 5.78 Å². The van der Waals surface area contributed by atoms with Gasteiger partial charge in [0.2, 0.25) is 0 Å². The number of fused-ring (bicyclic) bond motifs is 1. The highest BCUT2D eigenvalue weighted by molar-refractivity contribution is 9.10. The lowest BCUT2D eigenvalue weighted by Crippen LogP contribution is -2.14. The molecule has 0 saturated heterocycles. The zero-order valence-electron chi connectivity index (χ0n) is 8.93. The second kappa shape index (κ2) is 4.88. The fraction of sp³-hybridized carbons (Fsp3) is 0.417. The average Bonchev–Trinajstić information content (AvgIpc) is 2.73. The lowest BCUT2D eigenvalue weighted by Gasteiger charge is -2.10. The van der Waals surface area contributed by atoms with Crippen molar-refractivity contribution in [3.8, 4) is 5.75 Å². The molecule has 0 bridgehead atoms. The second-order valence-corrected chi connectivity index (χ2v) is 5.80. The number of rotatable bonds is 3. The van der Waals surface area contributed by atoms with Crippen molar-refractivity contribution in [3.05, 3.63) is 27.7 Å². The molecule has 86 valence electrons. The van der Waals surface area contributed by atoms with Gasteiger partial charge in [-0.25, -0.2) is 0 Å². The van der Waals surface area contributed by atoms with E-state index < -0.39 is 0 Å². The molecule has 1 aliphatic heterocycles. The topological polar surface area (TPSA) is 26.3 Å². The van der Waals surface area contributed by atoms with Crippen LogP contribution in [0.1, 0.15) is 29.3 Å². The van der Waals surface area contributed by atoms with E-state index in [0.717, 1.165) is 28.6 Å². The Bertz CT molecular complexity index is 429. The molecule has 0 N–H and O–H groups in total. The second-order valence-electron chi connectivity index (χ2n) is 3.78. The highest BCUT2D eigenvalue weighted by Gasteiger charge is 2.24. The Morgan fingerprint density at radius 3 is 3.00 bits per heavy atom. The van der Waals surface area contributed by atoms with E-state index in [-0.39, 0.29) is 10.6 Å². The maximum Gasteiger partial charge on any atom is 0.180 e. The van der Waals surface area contributed by atoms with Crippen molar-refractivity contribution in [3.63, 3.8) is 0 Å². The molecule has 1 aromatic rings. The molecule has 1 unspecified atom stereocenters. The third kappa shape index (κ3) is 2.18. The van der Waals surface area contributed by atoms with Gasteiger partial charge in [-0.2, -0.15) is 0 Å². The fourth-order valence-electron chi connectivity index (χ4n) is 1.81. The number of hydrogen-bond donors (Lipinski definition) is 0. The van der Waals surface area contributed by atoms with Crippen LogP contribution < -0.4 is 4.74 Å². The standard InChI is InChI=1S/C12H12Br2O2/c1-2-10(14)11(15)9-6-8(13)5-7-3-4-16-12(7)9/h5-6,10H,2-4H2,1H3. The van der Waals surface area contributed by atoms with E-state index in [0.29, 0.717) is 12.2 Å². The highest BCUT2D eigenvalue weighted by Crippen LogP contribution is 2.34. The van der Waals surface area contributed by atoms with Gasteiger partial charge in [0.1, 0.15) is 5.75 Å². The van der Waals surface area contributed by atoms with Crippen LogP contribution in [0.2, 0.25) is 0 Å². The maximum absolute atomic E-state index is 12.1. The van der Waals surface area contributed by atoms with Gasteiger partial charge in [-0.1, -0.05) is 38.8 Å². The molecule has 1 aliphatic rings. The summed E-state index contributed by atoms with van der Waals surface area (Å²) in [5.41, 5.74) is 1.80. The largest absolute Gasteiger partial charge is 0.492 e. The predicted molar refractivity (Wildman–Crippen MR) is 70.7 cm³/mol. The normalized spacial score (nSPS) is 15.4. The molecule has 1 atom stereocenters. The molecular formula is C12H12Br2O2. The highest BCUT2D eigenvalue weighted by atomic mass is 79.9. The van der Waals surface area contributed by atoms with Crippen LogP contribution in [-0.2, 0) is 6.42 Å². The number of carbonyl (C=O) groups excluding carboxylic acids is 1. The Balaban J connectivity index is 2.44. The molecule has 0 aromatic heterocycles. The fourth-order valence-corrected chi connectivity index (χ4v) is 2.56. The summed E-state index contributed by atoms with van der Waals surface area (Å²) in [6, 6.07) is 3.87. The van der Waals surface area contributed by atoms with Gasteiger partial charge in [0.05, 0.1) is 17.0 Å². The molecule has 0 spiro atoms. The molecule has 0 amide bonds. The number of Topliss-reactive ketones (excluding diaryl/α,β-unsaturated/α-hetero) is 1. The number of carbonyl (C=O) groups is 1. The van der Waals surface area contributed by atoms with Gasteiger partial charge >= 0.3 is 0 Å². The summed E-state index contributed by atoms with van der Waals surface area (Å²) in [7, 11) is 0. The van der Waals surface area contributed by atoms with Gasteiger partial charge in [-0.15, -0.1) is 0 Å². The zero-order valence-corrected chi connectivity index (χ0v) is 12.1. The van der Waals surface area contributed by atoms with E-state index in [9.17, 15) is 4.79 Å². The Morgan fingerprint density at radius 1 is 1.56 bits per heavy atom. The lowest BCUT2D eigenvalue weighted by atomic mass is 10.0. The van der Waals surface area contributed by atoms with Crippen LogP contribution >= 0.6 is 31.9 Å². The number of benzene rings is 1. The molecule has 0 saturated carbocycles. The Labute approximate surface area is 112 Å². The molecule has 1 heterocycles. The summed E-state index contributed by atoms with van der Waals surface area (Å²) in [5, 5.41) is 0. The van der Waals surface area contributed by atoms with Crippen LogP contribution in [0.5, 0.6) is 5.75 Å². The third-order valence-corrected chi connectivity index (χ3v) is 4.18. The van der Waals surface area contributed by atoms with E-state index >= 15 is 0 Å². The summed E-state index contributed by atoms with van der Waals surface area (Å²) >= 11 is 6.82. The average molecular weight is 348 g/mol. The molecule has 2 nitrogen and oxygen atoms in total. The number of alkyl halides is 1. The number of ether oxygens (including phenoxy) is 1. The van der Waals surface area contributed by atoms with Crippen LogP contribution in [0.15, 0.2) is 16.6 Å². The van der Waals surface area contributed by atoms with Crippen LogP contribution in [0.4, 0.5) is 0 Å². The Hall–Kier alpha value is -0.350. The van der Waals surface area contributed by atoms with Crippen molar-refractivity contribution in [2.75, 3.05) is 6.61 Å². The first kappa shape index (κ1) is 12.1. The van der Waals surface area contributed by atoms with Crippen molar-refractivity contribution in [2.24, 2.45) is 0 Å². The molecule has 4 heteroatoms. The third-order valence-electron chi connectivity index (χ3n) is 2.66. The number of halogens is 2. The minimum Gasteiger partial charge on any atom is -0.492 e. The van der Waals surface area contributed by atoms with Gasteiger partial charge in [-0.3, -0.25) is 4.79 Å². The van der Waals surface area contributed by atoms with Gasteiger partial charge in [-0.05, 0) is 24.1 Å². The summed E-state index contributed by atoms with van der Waals surface area (Å²) in [4.78, 5) is 12.0. The first-order chi connectivity index (χ1) is 7.63. The van der Waals surface area contributed by atoms with E-state index in [2.05, 4.69) is 31.9 Å². The SMILES string of the molecule is CCC(Br)C(=O)c1cc(Br)cc2c1OCC2. The summed E-state index contributed by atoms with van der Waals surface area (Å²) in [5.74, 6) is 0.869. The quantitative estimate of drug-likeness (QED) is 0.615. The van der Waals surface area contributed by atoms with Gasteiger partial charge < -0.3 is 4.74 Å². The summed E-state index contributed by atoms with van der Waals surface area (Å²) < 4.78 is 6.48. The molecule has 2 rings (SSSR count). The van der Waals surface area contributed by atoms with Crippen molar-refractivity contribution < 1.29 is 9.53 Å². The first-order valence-corrected chi connectivity index (χ1v) is 6.98. The molecule has 16 heavy (non-hydrogen) atoms. The van der Waals surface area contributed by atoms with Crippen LogP contribution in [0, 0.1) is 0 Å². The minimum absolute atomic E-state index is 0.0990. The minimum atomic E-state index is -0.130. The number of hydrogen-bond acceptors (Lipinski definition) is 2. The van der Waals surface area contributed by atoms with Gasteiger partial charge in [0, 0.05) is 10.9 Å². The van der Waals surface area contributed by atoms with E-state index in [1.54, 1.807) is 0 Å². The van der Waals surface area contributed by atoms with E-state index in [1.807, 2.05) is 19.1 Å². The molecule has 0 radical (unpaired) electrons. The van der Waals surface area contributed by atoms with Gasteiger partial charge in [0.25, 0.3) is 0 Å². The number of ketones is 1. The first-order valence-electron chi connectivity index (χ1n) is 5.27. The van der Waals surface area contributed by atoms with Crippen molar-refractivity contribution in [1.82, 2.24) is 0 Å². The van der Waals surface area contributed by atoms with Crippen molar-refractivity contribution in [1.29, 1.82) is 0 Å². The predicted octanol–water partition coefficient (Wildman–Crippen LogP) is 3.74. The van der Waals surface area contributed by atoms with Crippen molar-refractivity contribution >= 4 is 37.6 Å². The zero-order chi connectivity index (χ0) is 11.7. The summed E-state index contributed by atoms with van der Waals surface area (Å²) in [6.45, 7) is 2.65. The van der Waals surface area contributed by atoms with Crippen LogP contribution in [0.3, 0.4) is 0 Å². The smallest absolute Gasteiger partial charge is 0.180 e. The maximum atomic E-state index is 12.1. The summed E-state index contributed by atoms with van der Waals surface area (Å²) in [6.07, 6.45) is 1.66. The molecule has 1 aromatic carbocycles. The molecule has 0 fully saturated rings. The van der Waals surface area contributed by atoms with E-state index in [1.165, 1.54) is 0 Å². The van der Waals surface area contributed by atoms with Crippen molar-refractivity contribution in [2.45, 2.75) is 24.6 Å². The van der Waals surface area contributed by atoms with E-state index in [4.69, 9.17) is 4.74 Å².